The van der Waals surface area contributed by atoms with Crippen LogP contribution in [0.1, 0.15) is 64.7 Å². The van der Waals surface area contributed by atoms with Crippen LogP contribution in [0.25, 0.3) is 0 Å². The Kier molecular flexibility index (Phi) is 16.5. The van der Waals surface area contributed by atoms with Crippen molar-refractivity contribution in [2.75, 3.05) is 7.11 Å². The molecule has 0 aromatic rings. The van der Waals surface area contributed by atoms with Crippen LogP contribution >= 0.6 is 0 Å². The van der Waals surface area contributed by atoms with Crippen molar-refractivity contribution < 1.29 is 14.6 Å². The standard InChI is InChI=1S/C21H34O3/c1-3-4-5-6-8-11-14-17-20(22)18-15-12-9-7-10-13-16-19-21(23)24-2/h7-8,10-12,14-15,17,20,22H,3-6,9,13,16,18-19H2,1-2H3. The highest BCUT2D eigenvalue weighted by atomic mass is 16.5. The molecule has 3 nitrogen and oxygen atoms in total. The van der Waals surface area contributed by atoms with Gasteiger partial charge in [0.25, 0.3) is 0 Å². The first-order chi connectivity index (χ1) is 11.7. The number of carbonyl (C=O) groups excluding carboxylic acids is 1. The molecule has 0 radical (unpaired) electrons. The number of hydrogen-bond acceptors (Lipinski definition) is 3. The van der Waals surface area contributed by atoms with Crippen LogP contribution in [-0.2, 0) is 9.53 Å². The molecule has 0 bridgehead atoms. The van der Waals surface area contributed by atoms with E-state index in [1.54, 1.807) is 0 Å². The van der Waals surface area contributed by atoms with Gasteiger partial charge in [0.05, 0.1) is 13.2 Å². The van der Waals surface area contributed by atoms with Gasteiger partial charge >= 0.3 is 5.97 Å². The van der Waals surface area contributed by atoms with E-state index in [4.69, 9.17) is 0 Å². The second-order valence-corrected chi connectivity index (χ2v) is 5.76. The Balaban J connectivity index is 3.62. The van der Waals surface area contributed by atoms with E-state index in [0.717, 1.165) is 25.7 Å². The number of rotatable bonds is 14. The van der Waals surface area contributed by atoms with E-state index in [2.05, 4.69) is 36.0 Å². The molecule has 1 N–H and O–H groups in total. The van der Waals surface area contributed by atoms with Crippen molar-refractivity contribution in [2.45, 2.75) is 70.8 Å². The van der Waals surface area contributed by atoms with E-state index in [1.165, 1.54) is 26.4 Å². The molecular formula is C21H34O3. The molecule has 0 aliphatic heterocycles. The molecule has 0 fully saturated rings. The fraction of sp³-hybridized carbons (Fsp3) is 0.571. The van der Waals surface area contributed by atoms with Crippen LogP contribution in [0.2, 0.25) is 0 Å². The molecule has 3 heteroatoms. The predicted molar refractivity (Wildman–Crippen MR) is 102 cm³/mol. The van der Waals surface area contributed by atoms with Crippen molar-refractivity contribution in [3.8, 4) is 0 Å². The quantitative estimate of drug-likeness (QED) is 0.203. The summed E-state index contributed by atoms with van der Waals surface area (Å²) < 4.78 is 4.58. The third kappa shape index (κ3) is 16.8. The van der Waals surface area contributed by atoms with E-state index in [1.807, 2.05) is 24.3 Å². The minimum Gasteiger partial charge on any atom is -0.469 e. The Morgan fingerprint density at radius 1 is 1.00 bits per heavy atom. The van der Waals surface area contributed by atoms with Gasteiger partial charge in [0.2, 0.25) is 0 Å². The van der Waals surface area contributed by atoms with E-state index in [9.17, 15) is 9.90 Å². The highest BCUT2D eigenvalue weighted by Crippen LogP contribution is 2.02. The van der Waals surface area contributed by atoms with Crippen molar-refractivity contribution >= 4 is 5.97 Å². The minimum absolute atomic E-state index is 0.152. The van der Waals surface area contributed by atoms with Crippen LogP contribution < -0.4 is 0 Å². The van der Waals surface area contributed by atoms with Crippen LogP contribution in [0.3, 0.4) is 0 Å². The SMILES string of the molecule is CCCCCC=CC=CC(O)CC=CCC=CCCCC(=O)OC. The van der Waals surface area contributed by atoms with Crippen LogP contribution in [-0.4, -0.2) is 24.3 Å². The number of unbranched alkanes of at least 4 members (excludes halogenated alkanes) is 4. The molecule has 1 atom stereocenters. The molecule has 24 heavy (non-hydrogen) atoms. The first kappa shape index (κ1) is 22.4. The second-order valence-electron chi connectivity index (χ2n) is 5.76. The van der Waals surface area contributed by atoms with Crippen LogP contribution in [0, 0.1) is 0 Å². The summed E-state index contributed by atoms with van der Waals surface area (Å²) >= 11 is 0. The summed E-state index contributed by atoms with van der Waals surface area (Å²) in [6.07, 6.45) is 24.2. The molecule has 0 spiro atoms. The van der Waals surface area contributed by atoms with Crippen molar-refractivity contribution in [3.63, 3.8) is 0 Å². The Morgan fingerprint density at radius 2 is 1.75 bits per heavy atom. The fourth-order valence-electron chi connectivity index (χ4n) is 2.05. The van der Waals surface area contributed by atoms with Gasteiger partial charge in [-0.1, -0.05) is 68.4 Å². The maximum absolute atomic E-state index is 10.9. The lowest BCUT2D eigenvalue weighted by Gasteiger charge is -1.99. The molecule has 0 saturated carbocycles. The normalized spacial score (nSPS) is 13.6. The van der Waals surface area contributed by atoms with Gasteiger partial charge < -0.3 is 9.84 Å². The Bertz CT molecular complexity index is 405. The minimum atomic E-state index is -0.425. The summed E-state index contributed by atoms with van der Waals surface area (Å²) in [5, 5.41) is 9.80. The largest absolute Gasteiger partial charge is 0.469 e. The molecule has 1 unspecified atom stereocenters. The van der Waals surface area contributed by atoms with Gasteiger partial charge in [-0.3, -0.25) is 4.79 Å². The predicted octanol–water partition coefficient (Wildman–Crippen LogP) is 5.28. The van der Waals surface area contributed by atoms with Gasteiger partial charge in [0, 0.05) is 6.42 Å². The maximum Gasteiger partial charge on any atom is 0.305 e. The average molecular weight is 335 g/mol. The van der Waals surface area contributed by atoms with Gasteiger partial charge in [-0.2, -0.15) is 0 Å². The lowest BCUT2D eigenvalue weighted by Crippen LogP contribution is -1.98. The first-order valence-corrected chi connectivity index (χ1v) is 9.08. The van der Waals surface area contributed by atoms with Crippen molar-refractivity contribution in [1.29, 1.82) is 0 Å². The Labute approximate surface area is 147 Å². The first-order valence-electron chi connectivity index (χ1n) is 9.08. The number of carbonyl (C=O) groups is 1. The highest BCUT2D eigenvalue weighted by molar-refractivity contribution is 5.69. The number of ether oxygens (including phenoxy) is 1. The summed E-state index contributed by atoms with van der Waals surface area (Å²) in [4.78, 5) is 10.9. The highest BCUT2D eigenvalue weighted by Gasteiger charge is 1.96. The van der Waals surface area contributed by atoms with Crippen molar-refractivity contribution in [3.05, 3.63) is 48.6 Å². The van der Waals surface area contributed by atoms with Crippen molar-refractivity contribution in [1.82, 2.24) is 0 Å². The smallest absolute Gasteiger partial charge is 0.305 e. The monoisotopic (exact) mass is 334 g/mol. The van der Waals surface area contributed by atoms with Gasteiger partial charge in [0.15, 0.2) is 0 Å². The molecule has 0 saturated heterocycles. The maximum atomic E-state index is 10.9. The number of aliphatic hydroxyl groups is 1. The average Bonchev–Trinajstić information content (AvgIpc) is 2.59. The van der Waals surface area contributed by atoms with Crippen LogP contribution in [0.5, 0.6) is 0 Å². The number of methoxy groups -OCH3 is 1. The third-order valence-corrected chi connectivity index (χ3v) is 3.52. The second kappa shape index (κ2) is 17.7. The van der Waals surface area contributed by atoms with E-state index >= 15 is 0 Å². The van der Waals surface area contributed by atoms with Gasteiger partial charge in [-0.25, -0.2) is 0 Å². The Morgan fingerprint density at radius 3 is 2.50 bits per heavy atom. The zero-order valence-corrected chi connectivity index (χ0v) is 15.3. The molecule has 0 aliphatic rings. The van der Waals surface area contributed by atoms with Gasteiger partial charge in [0.1, 0.15) is 0 Å². The summed E-state index contributed by atoms with van der Waals surface area (Å²) in [7, 11) is 1.41. The number of esters is 1. The van der Waals surface area contributed by atoms with E-state index in [-0.39, 0.29) is 5.97 Å². The summed E-state index contributed by atoms with van der Waals surface area (Å²) in [5.74, 6) is -0.152. The molecule has 0 heterocycles. The van der Waals surface area contributed by atoms with Gasteiger partial charge in [-0.05, 0) is 38.5 Å². The third-order valence-electron chi connectivity index (χ3n) is 3.52. The zero-order valence-electron chi connectivity index (χ0n) is 15.3. The fourth-order valence-corrected chi connectivity index (χ4v) is 2.05. The molecule has 0 amide bonds. The molecule has 136 valence electrons. The number of aliphatic hydroxyl groups excluding tert-OH is 1. The van der Waals surface area contributed by atoms with Crippen LogP contribution in [0.4, 0.5) is 0 Å². The van der Waals surface area contributed by atoms with Gasteiger partial charge in [-0.15, -0.1) is 0 Å². The number of allylic oxidation sites excluding steroid dienone is 6. The Hall–Kier alpha value is -1.61. The number of hydrogen-bond donors (Lipinski definition) is 1. The topological polar surface area (TPSA) is 46.5 Å². The summed E-state index contributed by atoms with van der Waals surface area (Å²) in [5.41, 5.74) is 0. The molecule has 0 rings (SSSR count). The zero-order chi connectivity index (χ0) is 17.9. The van der Waals surface area contributed by atoms with E-state index < -0.39 is 6.10 Å². The van der Waals surface area contributed by atoms with E-state index in [0.29, 0.717) is 12.8 Å². The molecule has 0 aliphatic carbocycles. The van der Waals surface area contributed by atoms with Crippen molar-refractivity contribution in [2.24, 2.45) is 0 Å². The van der Waals surface area contributed by atoms with Crippen LogP contribution in [0.15, 0.2) is 48.6 Å². The lowest BCUT2D eigenvalue weighted by atomic mass is 10.2. The lowest BCUT2D eigenvalue weighted by molar-refractivity contribution is -0.140. The molecule has 0 aromatic heterocycles. The summed E-state index contributed by atoms with van der Waals surface area (Å²) in [6.45, 7) is 2.20. The molecule has 0 aromatic carbocycles. The summed E-state index contributed by atoms with van der Waals surface area (Å²) in [6, 6.07) is 0. The molecular weight excluding hydrogens is 300 g/mol.